The van der Waals surface area contributed by atoms with E-state index in [2.05, 4.69) is 27.7 Å². The van der Waals surface area contributed by atoms with Gasteiger partial charge in [0.05, 0.1) is 0 Å². The van der Waals surface area contributed by atoms with Crippen LogP contribution in [0.4, 0.5) is 0 Å². The third-order valence-electron chi connectivity index (χ3n) is 6.20. The van der Waals surface area contributed by atoms with E-state index >= 15 is 0 Å². The molecule has 0 spiro atoms. The first-order chi connectivity index (χ1) is 17.6. The van der Waals surface area contributed by atoms with Crippen LogP contribution in [0.25, 0.3) is 0 Å². The molecule has 38 heavy (non-hydrogen) atoms. The van der Waals surface area contributed by atoms with Crippen molar-refractivity contribution in [2.24, 2.45) is 11.8 Å². The fraction of sp³-hybridized carbons (Fsp3) is 0.769. The molecule has 228 valence electrons. The summed E-state index contributed by atoms with van der Waals surface area (Å²) >= 11 is 0. The van der Waals surface area contributed by atoms with Gasteiger partial charge in [-0.2, -0.15) is 0 Å². The van der Waals surface area contributed by atoms with Crippen molar-refractivity contribution in [1.29, 1.82) is 0 Å². The maximum atomic E-state index is 11.1. The van der Waals surface area contributed by atoms with Crippen molar-refractivity contribution in [3.63, 3.8) is 0 Å². The summed E-state index contributed by atoms with van der Waals surface area (Å²) in [5.74, 6) is 1.49. The molecule has 0 saturated heterocycles. The third-order valence-corrected chi connectivity index (χ3v) is 9.21. The zero-order valence-electron chi connectivity index (χ0n) is 23.7. The van der Waals surface area contributed by atoms with Gasteiger partial charge in [-0.3, -0.25) is 0 Å². The number of hydrogen-bond donors (Lipinski definition) is 9. The Morgan fingerprint density at radius 3 is 1.29 bits per heavy atom. The van der Waals surface area contributed by atoms with Crippen molar-refractivity contribution < 1.29 is 44.0 Å². The molecule has 1 atom stereocenters. The van der Waals surface area contributed by atoms with E-state index in [-0.39, 0.29) is 6.16 Å². The molecule has 12 heteroatoms. The Morgan fingerprint density at radius 1 is 0.553 bits per heavy atom. The number of hydrogen-bond acceptors (Lipinski definition) is 9. The summed E-state index contributed by atoms with van der Waals surface area (Å²) in [6, 6.07) is 9.64. The minimum atomic E-state index is -4.73. The molecule has 1 unspecified atom stereocenters. The first-order valence-corrected chi connectivity index (χ1v) is 18.4. The Morgan fingerprint density at radius 2 is 0.895 bits per heavy atom. The first kappa shape index (κ1) is 40.3. The molecule has 0 aliphatic heterocycles. The van der Waals surface area contributed by atoms with E-state index in [0.717, 1.165) is 43.1 Å². The summed E-state index contributed by atoms with van der Waals surface area (Å²) in [5, 5.41) is 0. The smallest absolute Gasteiger partial charge is 0.324 e. The van der Waals surface area contributed by atoms with E-state index in [1.54, 1.807) is 0 Å². The van der Waals surface area contributed by atoms with Gasteiger partial charge < -0.3 is 29.4 Å². The van der Waals surface area contributed by atoms with Gasteiger partial charge in [0, 0.05) is 0 Å². The van der Waals surface area contributed by atoms with Crippen LogP contribution in [0.2, 0.25) is 0 Å². The molecule has 0 aliphatic carbocycles. The Hall–Kier alpha value is 0.150. The molecule has 9 N–H and O–H groups in total. The molecular formula is C26H55O9P3. The number of rotatable bonds is 17. The van der Waals surface area contributed by atoms with Gasteiger partial charge in [0.15, 0.2) is 0 Å². The molecule has 0 bridgehead atoms. The molecule has 9 nitrogen and oxygen atoms in total. The average Bonchev–Trinajstić information content (AvgIpc) is 2.76. The van der Waals surface area contributed by atoms with E-state index in [1.807, 2.05) is 30.3 Å². The summed E-state index contributed by atoms with van der Waals surface area (Å²) in [5.41, 5.74) is 0.310. The van der Waals surface area contributed by atoms with Crippen LogP contribution in [0.1, 0.15) is 116 Å². The van der Waals surface area contributed by atoms with Crippen LogP contribution in [-0.4, -0.2) is 50.2 Å². The summed E-state index contributed by atoms with van der Waals surface area (Å²) in [6.45, 7) is 9.01. The topological polar surface area (TPSA) is 182 Å². The van der Waals surface area contributed by atoms with Gasteiger partial charge in [0.25, 0.3) is 0 Å². The van der Waals surface area contributed by atoms with E-state index in [0.29, 0.717) is 12.8 Å². The molecule has 0 aromatic heterocycles. The second-order valence-electron chi connectivity index (χ2n) is 10.7. The predicted molar refractivity (Wildman–Crippen MR) is 160 cm³/mol. The second-order valence-corrected chi connectivity index (χ2v) is 15.3. The SMILES string of the molecule is CC(C)CCCCCCCP(O)(O)(O)C(CCCCCCC(C)C)c1ccccc1.OP(O)O.OP(O)O. The van der Waals surface area contributed by atoms with Gasteiger partial charge in [0.1, 0.15) is 0 Å². The summed E-state index contributed by atoms with van der Waals surface area (Å²) in [6.07, 6.45) is 12.8. The maximum absolute atomic E-state index is 11.1. The molecule has 0 radical (unpaired) electrons. The summed E-state index contributed by atoms with van der Waals surface area (Å²) in [7, 11) is -9.97. The monoisotopic (exact) mass is 604 g/mol. The van der Waals surface area contributed by atoms with Crippen molar-refractivity contribution in [2.75, 3.05) is 6.16 Å². The zero-order valence-corrected chi connectivity index (χ0v) is 26.4. The molecule has 0 saturated carbocycles. The van der Waals surface area contributed by atoms with Crippen LogP contribution in [0.5, 0.6) is 0 Å². The van der Waals surface area contributed by atoms with Gasteiger partial charge in [-0.05, 0) is 0 Å². The largest absolute Gasteiger partial charge is 0.328 e. The predicted octanol–water partition coefficient (Wildman–Crippen LogP) is 6.38. The third kappa shape index (κ3) is 26.4. The Labute approximate surface area is 232 Å². The maximum Gasteiger partial charge on any atom is 0.324 e. The first-order valence-electron chi connectivity index (χ1n) is 13.6. The van der Waals surface area contributed by atoms with E-state index in [9.17, 15) is 14.7 Å². The minimum Gasteiger partial charge on any atom is -0.328 e. The van der Waals surface area contributed by atoms with Crippen LogP contribution in [0.3, 0.4) is 0 Å². The van der Waals surface area contributed by atoms with E-state index in [1.165, 1.54) is 38.5 Å². The Balaban J connectivity index is 0. The van der Waals surface area contributed by atoms with Gasteiger partial charge in [0.2, 0.25) is 0 Å². The van der Waals surface area contributed by atoms with Crippen LogP contribution in [0.15, 0.2) is 30.3 Å². The fourth-order valence-electron chi connectivity index (χ4n) is 4.31. The minimum absolute atomic E-state index is 0.128. The summed E-state index contributed by atoms with van der Waals surface area (Å²) in [4.78, 5) is 76.6. The zero-order chi connectivity index (χ0) is 29.6. The van der Waals surface area contributed by atoms with E-state index in [4.69, 9.17) is 29.4 Å². The van der Waals surface area contributed by atoms with Gasteiger partial charge in [-0.15, -0.1) is 0 Å². The van der Waals surface area contributed by atoms with Crippen molar-refractivity contribution in [2.45, 2.75) is 110 Å². The normalized spacial score (nSPS) is 13.6. The summed E-state index contributed by atoms with van der Waals surface area (Å²) < 4.78 is 0. The number of unbranched alkanes of at least 4 members (excludes halogenated alkanes) is 7. The van der Waals surface area contributed by atoms with Crippen LogP contribution < -0.4 is 0 Å². The van der Waals surface area contributed by atoms with E-state index < -0.39 is 30.1 Å². The standard InChI is InChI=1S/C26H49O3P.2H3O3P/c1-23(2)17-11-6-5-9-16-22-30(27,28,29)26(25-19-13-10-14-20-25)21-15-8-7-12-18-24(3)4;2*1-4(2)3/h10,13-14,19-20,23-24,26-29H,5-9,11-12,15-18,21-22H2,1-4H3;2*1-3H. The van der Waals surface area contributed by atoms with Crippen LogP contribution >= 0.6 is 24.5 Å². The molecule has 1 aromatic carbocycles. The number of benzene rings is 1. The van der Waals surface area contributed by atoms with Gasteiger partial charge in [-0.1, -0.05) is 0 Å². The van der Waals surface area contributed by atoms with Crippen LogP contribution in [0, 0.1) is 11.8 Å². The Bertz CT molecular complexity index is 643. The second kappa shape index (κ2) is 22.8. The van der Waals surface area contributed by atoms with Gasteiger partial charge >= 0.3 is 203 Å². The van der Waals surface area contributed by atoms with Crippen LogP contribution in [-0.2, 0) is 0 Å². The van der Waals surface area contributed by atoms with Crippen molar-refractivity contribution in [1.82, 2.24) is 0 Å². The molecule has 0 aliphatic rings. The fourth-order valence-corrected chi connectivity index (χ4v) is 6.95. The molecule has 0 fully saturated rings. The van der Waals surface area contributed by atoms with Crippen molar-refractivity contribution in [3.05, 3.63) is 35.9 Å². The molecule has 0 heterocycles. The quantitative estimate of drug-likeness (QED) is 0.0720. The molecule has 1 rings (SSSR count). The van der Waals surface area contributed by atoms with Gasteiger partial charge in [-0.25, -0.2) is 0 Å². The average molecular weight is 605 g/mol. The molecule has 1 aromatic rings. The van der Waals surface area contributed by atoms with Crippen molar-refractivity contribution >= 4 is 24.5 Å². The molecule has 0 amide bonds. The Kier molecular flexibility index (Phi) is 24.2. The molecular weight excluding hydrogens is 549 g/mol. The van der Waals surface area contributed by atoms with Crippen molar-refractivity contribution in [3.8, 4) is 0 Å².